The van der Waals surface area contributed by atoms with Crippen molar-refractivity contribution < 1.29 is 9.47 Å². The molecule has 0 amide bonds. The molecule has 3 rings (SSSR count). The lowest BCUT2D eigenvalue weighted by Crippen LogP contribution is -2.14. The van der Waals surface area contributed by atoms with Crippen LogP contribution in [0.2, 0.25) is 0 Å². The number of nitrogens with two attached hydrogens (primary N) is 1. The number of ether oxygens (including phenoxy) is 2. The highest BCUT2D eigenvalue weighted by Gasteiger charge is 2.17. The summed E-state index contributed by atoms with van der Waals surface area (Å²) in [6.45, 7) is 6.96. The zero-order chi connectivity index (χ0) is 15.7. The van der Waals surface area contributed by atoms with Gasteiger partial charge in [0.15, 0.2) is 11.5 Å². The largest absolute Gasteiger partial charge is 0.454 e. The summed E-state index contributed by atoms with van der Waals surface area (Å²) in [7, 11) is 0. The monoisotopic (exact) mass is 297 g/mol. The van der Waals surface area contributed by atoms with Gasteiger partial charge in [0.1, 0.15) is 0 Å². The van der Waals surface area contributed by atoms with Crippen LogP contribution in [0.15, 0.2) is 42.5 Å². The van der Waals surface area contributed by atoms with Crippen LogP contribution in [-0.2, 0) is 11.8 Å². The minimum Gasteiger partial charge on any atom is -0.454 e. The minimum absolute atomic E-state index is 0.0463. The average molecular weight is 297 g/mol. The fraction of sp³-hybridized carbons (Fsp3) is 0.368. The van der Waals surface area contributed by atoms with Gasteiger partial charge in [-0.2, -0.15) is 0 Å². The summed E-state index contributed by atoms with van der Waals surface area (Å²) in [5.74, 6) is 1.58. The first-order chi connectivity index (χ1) is 10.4. The summed E-state index contributed by atoms with van der Waals surface area (Å²) in [6.07, 6.45) is 0.810. The van der Waals surface area contributed by atoms with Gasteiger partial charge in [-0.25, -0.2) is 0 Å². The maximum atomic E-state index is 6.35. The van der Waals surface area contributed by atoms with Crippen molar-refractivity contribution in [3.63, 3.8) is 0 Å². The van der Waals surface area contributed by atoms with Crippen LogP contribution in [0.25, 0.3) is 0 Å². The van der Waals surface area contributed by atoms with Crippen molar-refractivity contribution in [2.45, 2.75) is 38.6 Å². The summed E-state index contributed by atoms with van der Waals surface area (Å²) in [4.78, 5) is 0. The van der Waals surface area contributed by atoms with Gasteiger partial charge >= 0.3 is 0 Å². The van der Waals surface area contributed by atoms with Gasteiger partial charge in [0.25, 0.3) is 0 Å². The predicted molar refractivity (Wildman–Crippen MR) is 88.3 cm³/mol. The predicted octanol–water partition coefficient (Wildman–Crippen LogP) is 3.96. The summed E-state index contributed by atoms with van der Waals surface area (Å²) in [5.41, 5.74) is 10.2. The van der Waals surface area contributed by atoms with Gasteiger partial charge in [-0.1, -0.05) is 51.1 Å². The molecule has 2 aromatic carbocycles. The van der Waals surface area contributed by atoms with Crippen LogP contribution in [0, 0.1) is 0 Å². The molecule has 1 heterocycles. The first kappa shape index (κ1) is 14.9. The van der Waals surface area contributed by atoms with E-state index in [1.54, 1.807) is 0 Å². The van der Waals surface area contributed by atoms with E-state index in [0.717, 1.165) is 23.5 Å². The standard InChI is InChI=1S/C19H23NO2/c1-19(2,3)15-7-4-13(5-8-15)10-16(20)14-6-9-17-18(11-14)22-12-21-17/h4-9,11,16H,10,12,20H2,1-3H3. The molecular weight excluding hydrogens is 274 g/mol. The molecule has 0 fully saturated rings. The van der Waals surface area contributed by atoms with E-state index in [4.69, 9.17) is 15.2 Å². The molecule has 0 bridgehead atoms. The van der Waals surface area contributed by atoms with Crippen molar-refractivity contribution in [3.05, 3.63) is 59.2 Å². The molecule has 0 radical (unpaired) electrons. The first-order valence-electron chi connectivity index (χ1n) is 7.68. The van der Waals surface area contributed by atoms with Crippen molar-refractivity contribution in [1.29, 1.82) is 0 Å². The molecule has 2 aromatic rings. The fourth-order valence-corrected chi connectivity index (χ4v) is 2.66. The molecule has 0 spiro atoms. The molecule has 116 valence electrons. The van der Waals surface area contributed by atoms with Crippen LogP contribution in [0.3, 0.4) is 0 Å². The average Bonchev–Trinajstić information content (AvgIpc) is 2.94. The van der Waals surface area contributed by atoms with Crippen molar-refractivity contribution in [1.82, 2.24) is 0 Å². The topological polar surface area (TPSA) is 44.5 Å². The van der Waals surface area contributed by atoms with E-state index in [1.807, 2.05) is 18.2 Å². The highest BCUT2D eigenvalue weighted by Crippen LogP contribution is 2.34. The zero-order valence-corrected chi connectivity index (χ0v) is 13.4. The van der Waals surface area contributed by atoms with E-state index in [-0.39, 0.29) is 11.5 Å². The third-order valence-electron chi connectivity index (χ3n) is 4.10. The lowest BCUT2D eigenvalue weighted by Gasteiger charge is -2.19. The molecule has 2 N–H and O–H groups in total. The molecule has 0 saturated heterocycles. The smallest absolute Gasteiger partial charge is 0.231 e. The van der Waals surface area contributed by atoms with Crippen molar-refractivity contribution in [3.8, 4) is 11.5 Å². The second kappa shape index (κ2) is 5.65. The lowest BCUT2D eigenvalue weighted by atomic mass is 9.86. The number of rotatable bonds is 3. The van der Waals surface area contributed by atoms with E-state index < -0.39 is 0 Å². The maximum Gasteiger partial charge on any atom is 0.231 e. The third-order valence-corrected chi connectivity index (χ3v) is 4.10. The molecule has 1 aliphatic rings. The Bertz CT molecular complexity index is 656. The molecule has 0 saturated carbocycles. The quantitative estimate of drug-likeness (QED) is 0.932. The van der Waals surface area contributed by atoms with E-state index in [2.05, 4.69) is 45.0 Å². The minimum atomic E-state index is -0.0463. The second-order valence-corrected chi connectivity index (χ2v) is 6.87. The van der Waals surface area contributed by atoms with E-state index in [1.165, 1.54) is 11.1 Å². The van der Waals surface area contributed by atoms with Gasteiger partial charge in [0.05, 0.1) is 0 Å². The van der Waals surface area contributed by atoms with Crippen molar-refractivity contribution in [2.75, 3.05) is 6.79 Å². The molecule has 1 aliphatic heterocycles. The van der Waals surface area contributed by atoms with Crippen LogP contribution < -0.4 is 15.2 Å². The highest BCUT2D eigenvalue weighted by atomic mass is 16.7. The lowest BCUT2D eigenvalue weighted by molar-refractivity contribution is 0.174. The van der Waals surface area contributed by atoms with Crippen LogP contribution in [-0.4, -0.2) is 6.79 Å². The number of hydrogen-bond acceptors (Lipinski definition) is 3. The van der Waals surface area contributed by atoms with Gasteiger partial charge in [-0.15, -0.1) is 0 Å². The first-order valence-corrected chi connectivity index (χ1v) is 7.68. The normalized spacial score (nSPS) is 14.9. The van der Waals surface area contributed by atoms with Gasteiger partial charge < -0.3 is 15.2 Å². The highest BCUT2D eigenvalue weighted by molar-refractivity contribution is 5.45. The summed E-state index contributed by atoms with van der Waals surface area (Å²) >= 11 is 0. The van der Waals surface area contributed by atoms with Gasteiger partial charge in [-0.3, -0.25) is 0 Å². The second-order valence-electron chi connectivity index (χ2n) is 6.87. The van der Waals surface area contributed by atoms with Crippen LogP contribution in [0.1, 0.15) is 43.5 Å². The van der Waals surface area contributed by atoms with Crippen LogP contribution in [0.4, 0.5) is 0 Å². The summed E-state index contributed by atoms with van der Waals surface area (Å²) in [6, 6.07) is 14.6. The Labute approximate surface area is 132 Å². The Kier molecular flexibility index (Phi) is 3.83. The van der Waals surface area contributed by atoms with Crippen LogP contribution >= 0.6 is 0 Å². The molecule has 0 aliphatic carbocycles. The van der Waals surface area contributed by atoms with Gasteiger partial charge in [0, 0.05) is 6.04 Å². The maximum absolute atomic E-state index is 6.35. The van der Waals surface area contributed by atoms with Gasteiger partial charge in [0.2, 0.25) is 6.79 Å². The molecule has 1 atom stereocenters. The Hall–Kier alpha value is -2.00. The number of fused-ring (bicyclic) bond motifs is 1. The van der Waals surface area contributed by atoms with E-state index in [0.29, 0.717) is 6.79 Å². The Balaban J connectivity index is 1.72. The number of hydrogen-bond donors (Lipinski definition) is 1. The molecule has 22 heavy (non-hydrogen) atoms. The summed E-state index contributed by atoms with van der Waals surface area (Å²) in [5, 5.41) is 0. The molecule has 3 nitrogen and oxygen atoms in total. The van der Waals surface area contributed by atoms with Crippen LogP contribution in [0.5, 0.6) is 11.5 Å². The van der Waals surface area contributed by atoms with Gasteiger partial charge in [-0.05, 0) is 40.7 Å². The molecule has 3 heteroatoms. The van der Waals surface area contributed by atoms with Crippen molar-refractivity contribution in [2.24, 2.45) is 5.73 Å². The Morgan fingerprint density at radius 1 is 1.00 bits per heavy atom. The Morgan fingerprint density at radius 3 is 2.36 bits per heavy atom. The SMILES string of the molecule is CC(C)(C)c1ccc(CC(N)c2ccc3c(c2)OCO3)cc1. The molecular formula is C19H23NO2. The summed E-state index contributed by atoms with van der Waals surface area (Å²) < 4.78 is 10.7. The zero-order valence-electron chi connectivity index (χ0n) is 13.4. The molecule has 0 aromatic heterocycles. The third kappa shape index (κ3) is 3.09. The fourth-order valence-electron chi connectivity index (χ4n) is 2.66. The van der Waals surface area contributed by atoms with Crippen molar-refractivity contribution >= 4 is 0 Å². The van der Waals surface area contributed by atoms with E-state index >= 15 is 0 Å². The number of benzene rings is 2. The Morgan fingerprint density at radius 2 is 1.68 bits per heavy atom. The van der Waals surface area contributed by atoms with E-state index in [9.17, 15) is 0 Å². The molecule has 1 unspecified atom stereocenters.